The summed E-state index contributed by atoms with van der Waals surface area (Å²) in [6.07, 6.45) is 0. The van der Waals surface area contributed by atoms with Gasteiger partial charge in [0.25, 0.3) is 5.56 Å². The van der Waals surface area contributed by atoms with E-state index in [-0.39, 0.29) is 12.5 Å². The highest BCUT2D eigenvalue weighted by molar-refractivity contribution is 6.35. The van der Waals surface area contributed by atoms with E-state index in [1.807, 2.05) is 0 Å². The molecular formula is C16H11Cl2NO3. The number of fused-ring (bicyclic) bond motifs is 1. The quantitative estimate of drug-likeness (QED) is 0.794. The summed E-state index contributed by atoms with van der Waals surface area (Å²) < 4.78 is 0.854. The largest absolute Gasteiger partial charge is 0.492 e. The molecule has 0 spiro atoms. The van der Waals surface area contributed by atoms with Crippen LogP contribution in [0.5, 0.6) is 5.88 Å². The average Bonchev–Trinajstić information content (AvgIpc) is 2.49. The first kappa shape index (κ1) is 14.8. The molecule has 0 unspecified atom stereocenters. The number of nitrogens with zero attached hydrogens (tertiary/aromatic N) is 1. The fraction of sp³-hybridized carbons (Fsp3) is 0.0625. The number of aromatic hydroxyl groups is 1. The molecule has 0 aliphatic carbocycles. The molecule has 1 aromatic heterocycles. The summed E-state index contributed by atoms with van der Waals surface area (Å²) in [5.74, 6) is -0.242. The molecule has 22 heavy (non-hydrogen) atoms. The van der Waals surface area contributed by atoms with Crippen molar-refractivity contribution in [3.8, 4) is 5.88 Å². The van der Waals surface area contributed by atoms with Gasteiger partial charge in [-0.1, -0.05) is 47.5 Å². The molecule has 4 nitrogen and oxygen atoms in total. The average molecular weight is 336 g/mol. The third-order valence-electron chi connectivity index (χ3n) is 3.24. The maximum Gasteiger partial charge on any atom is 0.287 e. The lowest BCUT2D eigenvalue weighted by Crippen LogP contribution is -2.26. The highest BCUT2D eigenvalue weighted by Gasteiger charge is 2.10. The van der Waals surface area contributed by atoms with E-state index in [9.17, 15) is 9.90 Å². The van der Waals surface area contributed by atoms with Crippen molar-refractivity contribution in [2.45, 2.75) is 6.61 Å². The predicted octanol–water partition coefficient (Wildman–Crippen LogP) is 3.64. The van der Waals surface area contributed by atoms with Gasteiger partial charge in [-0.25, -0.2) is 0 Å². The zero-order valence-electron chi connectivity index (χ0n) is 11.3. The van der Waals surface area contributed by atoms with Crippen molar-refractivity contribution in [1.29, 1.82) is 0 Å². The summed E-state index contributed by atoms with van der Waals surface area (Å²) in [6, 6.07) is 13.4. The number of rotatable bonds is 3. The second-order valence-corrected chi connectivity index (χ2v) is 5.54. The molecule has 0 aliphatic rings. The zero-order valence-corrected chi connectivity index (χ0v) is 12.8. The van der Waals surface area contributed by atoms with Crippen LogP contribution in [0.3, 0.4) is 0 Å². The van der Waals surface area contributed by atoms with E-state index in [0.717, 1.165) is 4.73 Å². The Balaban J connectivity index is 1.95. The fourth-order valence-electron chi connectivity index (χ4n) is 2.13. The van der Waals surface area contributed by atoms with Crippen LogP contribution in [-0.2, 0) is 6.61 Å². The van der Waals surface area contributed by atoms with Gasteiger partial charge in [-0.05, 0) is 23.6 Å². The fourth-order valence-corrected chi connectivity index (χ4v) is 2.59. The zero-order chi connectivity index (χ0) is 15.7. The maximum absolute atomic E-state index is 12.0. The van der Waals surface area contributed by atoms with E-state index < -0.39 is 5.56 Å². The van der Waals surface area contributed by atoms with Gasteiger partial charge < -0.3 is 9.94 Å². The van der Waals surface area contributed by atoms with Crippen LogP contribution < -0.4 is 10.4 Å². The number of hydrogen-bond acceptors (Lipinski definition) is 3. The van der Waals surface area contributed by atoms with Crippen molar-refractivity contribution in [3.63, 3.8) is 0 Å². The number of hydrogen-bond donors (Lipinski definition) is 1. The summed E-state index contributed by atoms with van der Waals surface area (Å²) in [7, 11) is 0. The standard InChI is InChI=1S/C16H11Cl2NO3/c17-12-6-5-11(14(18)8-12)9-22-19-15(20)7-10-3-1-2-4-13(10)16(19)21/h1-8,21H,9H2. The van der Waals surface area contributed by atoms with Crippen molar-refractivity contribution in [3.05, 3.63) is 74.5 Å². The van der Waals surface area contributed by atoms with Gasteiger partial charge in [0.05, 0.1) is 0 Å². The minimum Gasteiger partial charge on any atom is -0.492 e. The smallest absolute Gasteiger partial charge is 0.287 e. The number of aromatic nitrogens is 1. The monoisotopic (exact) mass is 335 g/mol. The lowest BCUT2D eigenvalue weighted by Gasteiger charge is -2.12. The number of halogens is 2. The first-order valence-corrected chi connectivity index (χ1v) is 7.23. The highest BCUT2D eigenvalue weighted by atomic mass is 35.5. The molecule has 0 radical (unpaired) electrons. The first-order chi connectivity index (χ1) is 10.6. The Morgan fingerprint density at radius 1 is 1.09 bits per heavy atom. The number of benzene rings is 2. The topological polar surface area (TPSA) is 51.5 Å². The van der Waals surface area contributed by atoms with Crippen LogP contribution in [0, 0.1) is 0 Å². The van der Waals surface area contributed by atoms with E-state index in [1.165, 1.54) is 6.07 Å². The molecule has 0 amide bonds. The first-order valence-electron chi connectivity index (χ1n) is 6.47. The second-order valence-electron chi connectivity index (χ2n) is 4.70. The van der Waals surface area contributed by atoms with Gasteiger partial charge in [-0.3, -0.25) is 4.79 Å². The molecule has 0 aliphatic heterocycles. The molecule has 6 heteroatoms. The van der Waals surface area contributed by atoms with Crippen molar-refractivity contribution in [1.82, 2.24) is 4.73 Å². The van der Waals surface area contributed by atoms with E-state index >= 15 is 0 Å². The van der Waals surface area contributed by atoms with Gasteiger partial charge in [0.1, 0.15) is 6.61 Å². The molecule has 0 saturated carbocycles. The summed E-state index contributed by atoms with van der Waals surface area (Å²) in [6.45, 7) is 0.0296. The molecular weight excluding hydrogens is 325 g/mol. The Hall–Kier alpha value is -2.17. The molecule has 0 atom stereocenters. The van der Waals surface area contributed by atoms with Crippen molar-refractivity contribution in [2.75, 3.05) is 0 Å². The Kier molecular flexibility index (Phi) is 3.96. The predicted molar refractivity (Wildman–Crippen MR) is 86.6 cm³/mol. The Morgan fingerprint density at radius 3 is 2.64 bits per heavy atom. The summed E-state index contributed by atoms with van der Waals surface area (Å²) in [4.78, 5) is 17.4. The van der Waals surface area contributed by atoms with E-state index in [1.54, 1.807) is 42.5 Å². The van der Waals surface area contributed by atoms with Crippen molar-refractivity contribution in [2.24, 2.45) is 0 Å². The van der Waals surface area contributed by atoms with Gasteiger partial charge in [-0.2, -0.15) is 0 Å². The van der Waals surface area contributed by atoms with Gasteiger partial charge in [0, 0.05) is 27.1 Å². The van der Waals surface area contributed by atoms with Crippen LogP contribution in [0.1, 0.15) is 5.56 Å². The van der Waals surface area contributed by atoms with Crippen molar-refractivity contribution >= 4 is 34.0 Å². The van der Waals surface area contributed by atoms with Crippen LogP contribution in [0.25, 0.3) is 10.8 Å². The minimum absolute atomic E-state index is 0.0296. The van der Waals surface area contributed by atoms with Crippen LogP contribution in [0.4, 0.5) is 0 Å². The van der Waals surface area contributed by atoms with Crippen LogP contribution in [0.2, 0.25) is 10.0 Å². The van der Waals surface area contributed by atoms with Gasteiger partial charge in [0.2, 0.25) is 5.88 Å². The Labute approximate surface area is 136 Å². The van der Waals surface area contributed by atoms with E-state index in [2.05, 4.69) is 0 Å². The SMILES string of the molecule is O=c1cc2ccccc2c(O)n1OCc1ccc(Cl)cc1Cl. The van der Waals surface area contributed by atoms with Gasteiger partial charge >= 0.3 is 0 Å². The summed E-state index contributed by atoms with van der Waals surface area (Å²) in [5, 5.41) is 12.3. The number of pyridine rings is 1. The third kappa shape index (κ3) is 2.75. The second kappa shape index (κ2) is 5.91. The maximum atomic E-state index is 12.0. The normalized spacial score (nSPS) is 10.8. The molecule has 0 bridgehead atoms. The lowest BCUT2D eigenvalue weighted by atomic mass is 10.2. The molecule has 112 valence electrons. The lowest BCUT2D eigenvalue weighted by molar-refractivity contribution is 0.0726. The van der Waals surface area contributed by atoms with Crippen LogP contribution in [0.15, 0.2) is 53.3 Å². The van der Waals surface area contributed by atoms with Crippen LogP contribution >= 0.6 is 23.2 Å². The van der Waals surface area contributed by atoms with Crippen LogP contribution in [-0.4, -0.2) is 9.84 Å². The molecule has 1 heterocycles. The molecule has 3 rings (SSSR count). The third-order valence-corrected chi connectivity index (χ3v) is 3.82. The van der Waals surface area contributed by atoms with E-state index in [4.69, 9.17) is 28.0 Å². The van der Waals surface area contributed by atoms with Gasteiger partial charge in [0.15, 0.2) is 0 Å². The van der Waals surface area contributed by atoms with E-state index in [0.29, 0.717) is 26.4 Å². The molecule has 2 aromatic carbocycles. The summed E-state index contributed by atoms with van der Waals surface area (Å²) >= 11 is 11.9. The van der Waals surface area contributed by atoms with Gasteiger partial charge in [-0.15, -0.1) is 4.73 Å². The Morgan fingerprint density at radius 2 is 1.86 bits per heavy atom. The Bertz CT molecular complexity index is 906. The summed E-state index contributed by atoms with van der Waals surface area (Å²) in [5.41, 5.74) is 0.201. The molecule has 0 saturated heterocycles. The minimum atomic E-state index is -0.457. The van der Waals surface area contributed by atoms with Crippen molar-refractivity contribution < 1.29 is 9.94 Å². The highest BCUT2D eigenvalue weighted by Crippen LogP contribution is 2.23. The molecule has 3 aromatic rings. The molecule has 0 fully saturated rings. The molecule has 1 N–H and O–H groups in total.